The molecule has 0 fully saturated rings. The molecule has 2 amide bonds. The van der Waals surface area contributed by atoms with Crippen molar-refractivity contribution in [2.45, 2.75) is 0 Å². The van der Waals surface area contributed by atoms with Crippen LogP contribution in [0.4, 0.5) is 0 Å². The molecule has 0 radical (unpaired) electrons. The van der Waals surface area contributed by atoms with Crippen molar-refractivity contribution in [1.82, 2.24) is 10.9 Å². The SMILES string of the molecule is O=C(CCl)NNC(=O)c1ccccc1. The molecular formula is C9H9ClN2O2. The number of benzene rings is 1. The Morgan fingerprint density at radius 1 is 1.14 bits per heavy atom. The second-order valence-corrected chi connectivity index (χ2v) is 2.77. The zero-order valence-corrected chi connectivity index (χ0v) is 8.04. The average Bonchev–Trinajstić information content (AvgIpc) is 2.26. The van der Waals surface area contributed by atoms with Gasteiger partial charge in [0.2, 0.25) is 0 Å². The van der Waals surface area contributed by atoms with E-state index in [4.69, 9.17) is 11.6 Å². The van der Waals surface area contributed by atoms with Gasteiger partial charge in [0.1, 0.15) is 5.88 Å². The van der Waals surface area contributed by atoms with Crippen molar-refractivity contribution in [3.05, 3.63) is 35.9 Å². The molecule has 4 nitrogen and oxygen atoms in total. The van der Waals surface area contributed by atoms with Crippen molar-refractivity contribution in [1.29, 1.82) is 0 Å². The average molecular weight is 213 g/mol. The summed E-state index contributed by atoms with van der Waals surface area (Å²) in [5.74, 6) is -1.00. The molecule has 0 aliphatic carbocycles. The lowest BCUT2D eigenvalue weighted by Crippen LogP contribution is -2.42. The third-order valence-corrected chi connectivity index (χ3v) is 1.72. The number of halogens is 1. The van der Waals surface area contributed by atoms with Crippen LogP contribution in [0.5, 0.6) is 0 Å². The highest BCUT2D eigenvalue weighted by molar-refractivity contribution is 6.27. The van der Waals surface area contributed by atoms with Gasteiger partial charge in [0.15, 0.2) is 0 Å². The van der Waals surface area contributed by atoms with Crippen LogP contribution in [0.2, 0.25) is 0 Å². The molecule has 74 valence electrons. The molecule has 0 spiro atoms. The van der Waals surface area contributed by atoms with E-state index in [0.717, 1.165) is 0 Å². The maximum Gasteiger partial charge on any atom is 0.269 e. The van der Waals surface area contributed by atoms with Crippen LogP contribution < -0.4 is 10.9 Å². The third kappa shape index (κ3) is 3.06. The number of hydrogen-bond donors (Lipinski definition) is 2. The quantitative estimate of drug-likeness (QED) is 0.560. The van der Waals surface area contributed by atoms with Gasteiger partial charge in [-0.15, -0.1) is 11.6 Å². The van der Waals surface area contributed by atoms with E-state index >= 15 is 0 Å². The molecule has 0 atom stereocenters. The van der Waals surface area contributed by atoms with Crippen LogP contribution >= 0.6 is 11.6 Å². The number of hydrogen-bond acceptors (Lipinski definition) is 2. The van der Waals surface area contributed by atoms with E-state index < -0.39 is 5.91 Å². The van der Waals surface area contributed by atoms with Crippen LogP contribution in [0.3, 0.4) is 0 Å². The van der Waals surface area contributed by atoms with Gasteiger partial charge in [0.25, 0.3) is 11.8 Å². The molecule has 14 heavy (non-hydrogen) atoms. The van der Waals surface area contributed by atoms with Crippen LogP contribution in [0, 0.1) is 0 Å². The second kappa shape index (κ2) is 5.24. The van der Waals surface area contributed by atoms with E-state index in [1.807, 2.05) is 0 Å². The molecular weight excluding hydrogens is 204 g/mol. The summed E-state index contributed by atoms with van der Waals surface area (Å²) in [4.78, 5) is 22.0. The highest BCUT2D eigenvalue weighted by atomic mass is 35.5. The van der Waals surface area contributed by atoms with Crippen LogP contribution in [0.25, 0.3) is 0 Å². The minimum Gasteiger partial charge on any atom is -0.272 e. The molecule has 0 heterocycles. The van der Waals surface area contributed by atoms with Crippen molar-refractivity contribution in [2.75, 3.05) is 5.88 Å². The van der Waals surface area contributed by atoms with E-state index in [0.29, 0.717) is 5.56 Å². The summed E-state index contributed by atoms with van der Waals surface area (Å²) in [5, 5.41) is 0. The molecule has 2 N–H and O–H groups in total. The zero-order chi connectivity index (χ0) is 10.4. The van der Waals surface area contributed by atoms with Gasteiger partial charge in [-0.2, -0.15) is 0 Å². The minimum atomic E-state index is -0.448. The van der Waals surface area contributed by atoms with Gasteiger partial charge in [-0.25, -0.2) is 0 Å². The molecule has 0 saturated heterocycles. The van der Waals surface area contributed by atoms with E-state index in [2.05, 4.69) is 10.9 Å². The number of alkyl halides is 1. The first-order valence-corrected chi connectivity index (χ1v) is 4.47. The maximum atomic E-state index is 11.3. The topological polar surface area (TPSA) is 58.2 Å². The first kappa shape index (κ1) is 10.5. The van der Waals surface area contributed by atoms with Crippen LogP contribution in [-0.2, 0) is 4.79 Å². The maximum absolute atomic E-state index is 11.3. The Bertz CT molecular complexity index is 327. The summed E-state index contributed by atoms with van der Waals surface area (Å²) in [6.07, 6.45) is 0. The third-order valence-electron chi connectivity index (χ3n) is 1.47. The summed E-state index contributed by atoms with van der Waals surface area (Å²) in [6.45, 7) is 0. The van der Waals surface area contributed by atoms with Crippen molar-refractivity contribution in [3.8, 4) is 0 Å². The van der Waals surface area contributed by atoms with Gasteiger partial charge in [0, 0.05) is 5.56 Å². The van der Waals surface area contributed by atoms with Gasteiger partial charge >= 0.3 is 0 Å². The largest absolute Gasteiger partial charge is 0.272 e. The summed E-state index contributed by atoms with van der Waals surface area (Å²) in [6, 6.07) is 8.55. The molecule has 0 unspecified atom stereocenters. The lowest BCUT2D eigenvalue weighted by molar-refractivity contribution is -0.119. The molecule has 0 saturated carbocycles. The van der Waals surface area contributed by atoms with E-state index in [1.165, 1.54) is 0 Å². The van der Waals surface area contributed by atoms with Crippen LogP contribution in [0.15, 0.2) is 30.3 Å². The van der Waals surface area contributed by atoms with Gasteiger partial charge in [-0.05, 0) is 12.1 Å². The van der Waals surface area contributed by atoms with Gasteiger partial charge < -0.3 is 0 Å². The highest BCUT2D eigenvalue weighted by Crippen LogP contribution is 1.96. The number of rotatable bonds is 2. The summed E-state index contributed by atoms with van der Waals surface area (Å²) < 4.78 is 0. The monoisotopic (exact) mass is 212 g/mol. The Kier molecular flexibility index (Phi) is 3.94. The van der Waals surface area contributed by atoms with Crippen molar-refractivity contribution in [2.24, 2.45) is 0 Å². The fourth-order valence-corrected chi connectivity index (χ4v) is 0.888. The first-order chi connectivity index (χ1) is 6.74. The fraction of sp³-hybridized carbons (Fsp3) is 0.111. The Morgan fingerprint density at radius 3 is 2.36 bits per heavy atom. The Morgan fingerprint density at radius 2 is 1.79 bits per heavy atom. The number of amides is 2. The zero-order valence-electron chi connectivity index (χ0n) is 7.29. The summed E-state index contributed by atoms with van der Waals surface area (Å²) in [7, 11) is 0. The molecule has 1 aromatic rings. The van der Waals surface area contributed by atoms with Gasteiger partial charge in [0.05, 0.1) is 0 Å². The molecule has 0 bridgehead atoms. The molecule has 5 heteroatoms. The van der Waals surface area contributed by atoms with Crippen molar-refractivity contribution >= 4 is 23.4 Å². The minimum absolute atomic E-state index is 0.185. The number of hydrazine groups is 1. The molecule has 1 rings (SSSR count). The standard InChI is InChI=1S/C9H9ClN2O2/c10-6-8(13)11-12-9(14)7-4-2-1-3-5-7/h1-5H,6H2,(H,11,13)(H,12,14). The predicted molar refractivity (Wildman–Crippen MR) is 52.8 cm³/mol. The lowest BCUT2D eigenvalue weighted by Gasteiger charge is -2.04. The van der Waals surface area contributed by atoms with E-state index in [1.54, 1.807) is 30.3 Å². The Labute approximate surface area is 86.2 Å². The summed E-state index contributed by atoms with van der Waals surface area (Å²) in [5.41, 5.74) is 4.86. The fourth-order valence-electron chi connectivity index (χ4n) is 0.822. The molecule has 0 aromatic heterocycles. The molecule has 1 aromatic carbocycles. The van der Waals surface area contributed by atoms with Crippen molar-refractivity contribution in [3.63, 3.8) is 0 Å². The van der Waals surface area contributed by atoms with E-state index in [9.17, 15) is 9.59 Å². The Hall–Kier alpha value is -1.55. The number of nitrogens with one attached hydrogen (secondary N) is 2. The highest BCUT2D eigenvalue weighted by Gasteiger charge is 2.04. The Balaban J connectivity index is 2.48. The molecule has 0 aliphatic rings. The van der Waals surface area contributed by atoms with Gasteiger partial charge in [-0.3, -0.25) is 20.4 Å². The first-order valence-electron chi connectivity index (χ1n) is 3.94. The number of carbonyl (C=O) groups is 2. The smallest absolute Gasteiger partial charge is 0.269 e. The van der Waals surface area contributed by atoms with Crippen LogP contribution in [0.1, 0.15) is 10.4 Å². The van der Waals surface area contributed by atoms with Gasteiger partial charge in [-0.1, -0.05) is 18.2 Å². The summed E-state index contributed by atoms with van der Waals surface area (Å²) >= 11 is 5.22. The second-order valence-electron chi connectivity index (χ2n) is 2.50. The predicted octanol–water partition coefficient (Wildman–Crippen LogP) is 0.686. The van der Waals surface area contributed by atoms with E-state index in [-0.39, 0.29) is 11.8 Å². The van der Waals surface area contributed by atoms with Crippen molar-refractivity contribution < 1.29 is 9.59 Å². The molecule has 0 aliphatic heterocycles. The van der Waals surface area contributed by atoms with Crippen LogP contribution in [-0.4, -0.2) is 17.7 Å². The lowest BCUT2D eigenvalue weighted by atomic mass is 10.2. The normalized spacial score (nSPS) is 9.21. The number of carbonyl (C=O) groups excluding carboxylic acids is 2.